The Labute approximate surface area is 178 Å². The number of hydrogen-bond acceptors (Lipinski definition) is 6. The molecular formula is C19H14F3N7OS. The molecule has 158 valence electrons. The fraction of sp³-hybridized carbons (Fsp3) is 0.105. The third-order valence-corrected chi connectivity index (χ3v) is 5.09. The molecule has 0 saturated heterocycles. The summed E-state index contributed by atoms with van der Waals surface area (Å²) in [7, 11) is 0. The number of para-hydroxylation sites is 1. The maximum atomic E-state index is 13.1. The maximum Gasteiger partial charge on any atom is 0.416 e. The molecule has 1 amide bonds. The Bertz CT molecular complexity index is 1180. The van der Waals surface area contributed by atoms with E-state index >= 15 is 0 Å². The minimum absolute atomic E-state index is 0.0320. The average molecular weight is 445 g/mol. The normalized spacial score (nSPS) is 11.5. The van der Waals surface area contributed by atoms with Gasteiger partial charge in [0, 0.05) is 5.69 Å². The third-order valence-electron chi connectivity index (χ3n) is 4.15. The number of rotatable bonds is 6. The summed E-state index contributed by atoms with van der Waals surface area (Å²) < 4.78 is 42.4. The highest BCUT2D eigenvalue weighted by Gasteiger charge is 2.31. The fourth-order valence-electron chi connectivity index (χ4n) is 2.75. The fourth-order valence-corrected chi connectivity index (χ4v) is 3.48. The van der Waals surface area contributed by atoms with Crippen molar-refractivity contribution >= 4 is 23.4 Å². The Balaban J connectivity index is 1.52. The van der Waals surface area contributed by atoms with Crippen LogP contribution in [0.4, 0.5) is 18.9 Å². The molecule has 0 aliphatic heterocycles. The number of halogens is 3. The molecule has 2 heterocycles. The van der Waals surface area contributed by atoms with E-state index in [-0.39, 0.29) is 17.1 Å². The van der Waals surface area contributed by atoms with Crippen LogP contribution in [0, 0.1) is 0 Å². The van der Waals surface area contributed by atoms with Gasteiger partial charge in [0.05, 0.1) is 22.7 Å². The van der Waals surface area contributed by atoms with Crippen molar-refractivity contribution in [3.63, 3.8) is 0 Å². The number of nitrogens with one attached hydrogen (secondary N) is 1. The number of carbonyl (C=O) groups excluding carboxylic acids is 1. The van der Waals surface area contributed by atoms with Gasteiger partial charge in [0.15, 0.2) is 5.16 Å². The lowest BCUT2D eigenvalue weighted by atomic mass is 10.1. The molecule has 4 rings (SSSR count). The zero-order chi connectivity index (χ0) is 21.8. The predicted molar refractivity (Wildman–Crippen MR) is 107 cm³/mol. The van der Waals surface area contributed by atoms with E-state index in [1.807, 2.05) is 30.3 Å². The lowest BCUT2D eigenvalue weighted by molar-refractivity contribution is -0.137. The first kappa shape index (κ1) is 20.6. The van der Waals surface area contributed by atoms with Crippen LogP contribution in [0.1, 0.15) is 5.56 Å². The van der Waals surface area contributed by atoms with Crippen LogP contribution in [0.5, 0.6) is 0 Å². The molecule has 1 N–H and O–H groups in total. The van der Waals surface area contributed by atoms with Gasteiger partial charge in [-0.25, -0.2) is 9.67 Å². The van der Waals surface area contributed by atoms with E-state index in [0.717, 1.165) is 29.6 Å². The van der Waals surface area contributed by atoms with E-state index in [0.29, 0.717) is 5.16 Å². The second-order valence-corrected chi connectivity index (χ2v) is 7.17. The number of amides is 1. The minimum atomic E-state index is -4.55. The topological polar surface area (TPSA) is 90.5 Å². The lowest BCUT2D eigenvalue weighted by Crippen LogP contribution is -2.17. The van der Waals surface area contributed by atoms with E-state index in [1.54, 1.807) is 4.57 Å². The smallest absolute Gasteiger partial charge is 0.323 e. The second kappa shape index (κ2) is 8.60. The van der Waals surface area contributed by atoms with E-state index in [9.17, 15) is 18.0 Å². The Morgan fingerprint density at radius 3 is 2.61 bits per heavy atom. The summed E-state index contributed by atoms with van der Waals surface area (Å²) in [4.78, 5) is 16.3. The Morgan fingerprint density at radius 2 is 1.90 bits per heavy atom. The molecule has 2 aromatic heterocycles. The van der Waals surface area contributed by atoms with Crippen LogP contribution in [-0.4, -0.2) is 41.2 Å². The SMILES string of the molecule is O=C(CSc1nncn1-c1ccccc1)Nc1cc(C(F)(F)F)ccc1-n1cncn1. The van der Waals surface area contributed by atoms with Gasteiger partial charge in [0.25, 0.3) is 0 Å². The largest absolute Gasteiger partial charge is 0.416 e. The van der Waals surface area contributed by atoms with Gasteiger partial charge in [0.2, 0.25) is 5.91 Å². The number of benzene rings is 2. The Morgan fingerprint density at radius 1 is 1.10 bits per heavy atom. The van der Waals surface area contributed by atoms with Gasteiger partial charge in [-0.2, -0.15) is 18.3 Å². The molecule has 12 heteroatoms. The monoisotopic (exact) mass is 445 g/mol. The Hall–Kier alpha value is -3.67. The van der Waals surface area contributed by atoms with Gasteiger partial charge < -0.3 is 5.32 Å². The van der Waals surface area contributed by atoms with Crippen LogP contribution >= 0.6 is 11.8 Å². The molecule has 0 spiro atoms. The summed E-state index contributed by atoms with van der Waals surface area (Å²) in [6, 6.07) is 12.3. The number of hydrogen-bond donors (Lipinski definition) is 1. The highest BCUT2D eigenvalue weighted by Crippen LogP contribution is 2.33. The molecule has 31 heavy (non-hydrogen) atoms. The van der Waals surface area contributed by atoms with Crippen molar-refractivity contribution in [1.82, 2.24) is 29.5 Å². The van der Waals surface area contributed by atoms with Gasteiger partial charge in [0.1, 0.15) is 19.0 Å². The summed E-state index contributed by atoms with van der Waals surface area (Å²) in [6.45, 7) is 0. The summed E-state index contributed by atoms with van der Waals surface area (Å²) in [5.74, 6) is -0.591. The van der Waals surface area contributed by atoms with Crippen molar-refractivity contribution in [2.45, 2.75) is 11.3 Å². The highest BCUT2D eigenvalue weighted by atomic mass is 32.2. The van der Waals surface area contributed by atoms with Crippen LogP contribution in [0.25, 0.3) is 11.4 Å². The van der Waals surface area contributed by atoms with Gasteiger partial charge in [-0.1, -0.05) is 30.0 Å². The average Bonchev–Trinajstić information content (AvgIpc) is 3.44. The van der Waals surface area contributed by atoms with Crippen molar-refractivity contribution in [3.8, 4) is 11.4 Å². The number of carbonyl (C=O) groups is 1. The standard InChI is InChI=1S/C19H14F3N7OS/c20-19(21,22)13-6-7-16(29-11-23-10-25-29)15(8-13)26-17(30)9-31-18-27-24-12-28(18)14-4-2-1-3-5-14/h1-8,10-12H,9H2,(H,26,30). The molecule has 0 aliphatic rings. The zero-order valence-corrected chi connectivity index (χ0v) is 16.5. The summed E-state index contributed by atoms with van der Waals surface area (Å²) >= 11 is 1.11. The molecule has 0 unspecified atom stereocenters. The maximum absolute atomic E-state index is 13.1. The van der Waals surface area contributed by atoms with Crippen molar-refractivity contribution in [2.24, 2.45) is 0 Å². The summed E-state index contributed by atoms with van der Waals surface area (Å²) in [5, 5.41) is 14.8. The number of anilines is 1. The molecule has 0 saturated carbocycles. The second-order valence-electron chi connectivity index (χ2n) is 6.23. The number of alkyl halides is 3. The Kier molecular flexibility index (Phi) is 5.71. The van der Waals surface area contributed by atoms with E-state index < -0.39 is 17.6 Å². The van der Waals surface area contributed by atoms with E-state index in [1.165, 1.54) is 29.7 Å². The first-order valence-corrected chi connectivity index (χ1v) is 9.85. The van der Waals surface area contributed by atoms with Gasteiger partial charge in [-0.3, -0.25) is 9.36 Å². The van der Waals surface area contributed by atoms with Crippen molar-refractivity contribution in [3.05, 3.63) is 73.1 Å². The van der Waals surface area contributed by atoms with Crippen molar-refractivity contribution < 1.29 is 18.0 Å². The minimum Gasteiger partial charge on any atom is -0.323 e. The number of aromatic nitrogens is 6. The first-order valence-electron chi connectivity index (χ1n) is 8.86. The third kappa shape index (κ3) is 4.74. The van der Waals surface area contributed by atoms with Gasteiger partial charge in [-0.15, -0.1) is 10.2 Å². The molecule has 0 atom stereocenters. The molecule has 2 aromatic carbocycles. The van der Waals surface area contributed by atoms with Gasteiger partial charge in [-0.05, 0) is 30.3 Å². The van der Waals surface area contributed by atoms with Crippen LogP contribution in [-0.2, 0) is 11.0 Å². The van der Waals surface area contributed by atoms with Crippen LogP contribution in [0.15, 0.2) is 72.7 Å². The summed E-state index contributed by atoms with van der Waals surface area (Å²) in [6.07, 6.45) is -0.461. The highest BCUT2D eigenvalue weighted by molar-refractivity contribution is 7.99. The molecule has 8 nitrogen and oxygen atoms in total. The lowest BCUT2D eigenvalue weighted by Gasteiger charge is -2.14. The summed E-state index contributed by atoms with van der Waals surface area (Å²) in [5.41, 5.74) is 0.164. The molecule has 0 aliphatic carbocycles. The van der Waals surface area contributed by atoms with E-state index in [4.69, 9.17) is 0 Å². The first-order chi connectivity index (χ1) is 14.9. The molecule has 0 fully saturated rings. The van der Waals surface area contributed by atoms with E-state index in [2.05, 4.69) is 25.6 Å². The molecule has 0 radical (unpaired) electrons. The van der Waals surface area contributed by atoms with Crippen LogP contribution < -0.4 is 5.32 Å². The number of nitrogens with zero attached hydrogens (tertiary/aromatic N) is 6. The van der Waals surface area contributed by atoms with Crippen LogP contribution in [0.2, 0.25) is 0 Å². The molecular weight excluding hydrogens is 431 g/mol. The number of thioether (sulfide) groups is 1. The molecule has 0 bridgehead atoms. The zero-order valence-electron chi connectivity index (χ0n) is 15.7. The van der Waals surface area contributed by atoms with Crippen LogP contribution in [0.3, 0.4) is 0 Å². The quantitative estimate of drug-likeness (QED) is 0.456. The predicted octanol–water partition coefficient (Wildman–Crippen LogP) is 3.60. The van der Waals surface area contributed by atoms with Gasteiger partial charge >= 0.3 is 6.18 Å². The molecule has 4 aromatic rings. The van der Waals surface area contributed by atoms with Crippen molar-refractivity contribution in [1.29, 1.82) is 0 Å². The van der Waals surface area contributed by atoms with Crippen molar-refractivity contribution in [2.75, 3.05) is 11.1 Å².